The molecule has 0 radical (unpaired) electrons. The smallest absolute Gasteiger partial charge is 0.290 e. The van der Waals surface area contributed by atoms with Crippen molar-refractivity contribution in [2.24, 2.45) is 11.3 Å². The van der Waals surface area contributed by atoms with Gasteiger partial charge in [-0.3, -0.25) is 43.4 Å². The first kappa shape index (κ1) is 49.8. The van der Waals surface area contributed by atoms with Gasteiger partial charge in [-0.1, -0.05) is 114 Å². The quantitative estimate of drug-likeness (QED) is 0.143. The van der Waals surface area contributed by atoms with E-state index in [2.05, 4.69) is 31.2 Å². The Balaban J connectivity index is 1.18. The van der Waals surface area contributed by atoms with Crippen LogP contribution < -0.4 is 21.3 Å². The Morgan fingerprint density at radius 2 is 1.59 bits per heavy atom. The zero-order valence-corrected chi connectivity index (χ0v) is 40.1. The molecule has 1 aliphatic carbocycles. The van der Waals surface area contributed by atoms with Crippen LogP contribution in [0.2, 0.25) is 0 Å². The van der Waals surface area contributed by atoms with Crippen LogP contribution >= 0.6 is 0 Å². The lowest BCUT2D eigenvalue weighted by molar-refractivity contribution is -0.145. The van der Waals surface area contributed by atoms with Crippen molar-refractivity contribution in [3.8, 4) is 0 Å². The second-order valence-electron chi connectivity index (χ2n) is 20.0. The summed E-state index contributed by atoms with van der Waals surface area (Å²) in [5.74, 6) is -4.41. The Kier molecular flexibility index (Phi) is 15.7. The monoisotopic (exact) mass is 934 g/mol. The van der Waals surface area contributed by atoms with Crippen molar-refractivity contribution >= 4 is 41.2 Å². The molecular formula is C51H67N9O8. The molecule has 8 atom stereocenters. The molecule has 3 aliphatic heterocycles. The van der Waals surface area contributed by atoms with Crippen molar-refractivity contribution in [2.75, 3.05) is 20.1 Å². The van der Waals surface area contributed by atoms with E-state index in [1.165, 1.54) is 23.5 Å². The van der Waals surface area contributed by atoms with E-state index in [1.54, 1.807) is 18.9 Å². The highest BCUT2D eigenvalue weighted by Crippen LogP contribution is 2.46. The van der Waals surface area contributed by atoms with Crippen LogP contribution in [0.15, 0.2) is 79.3 Å². The second-order valence-corrected chi connectivity index (χ2v) is 20.0. The first-order valence-corrected chi connectivity index (χ1v) is 24.1. The number of rotatable bonds is 17. The van der Waals surface area contributed by atoms with Crippen molar-refractivity contribution < 1.29 is 38.3 Å². The molecule has 0 bridgehead atoms. The van der Waals surface area contributed by atoms with Gasteiger partial charge in [0.15, 0.2) is 0 Å². The SMILES string of the molecule is CCCC(NC(=O)[C@@H]1CC2(CN1C(=O)[C@@H](NC(=O)[C@@H](NC(=O)c1cnccn1)C1CCCCC1)C(C)(C)C)N(C)C(=O)[C@@H]1C[C@@H](OCc3ccccc3)CN12)C(=O)C(=O)N[C@@H](C)c1ccccc1. The molecule has 1 saturated carbocycles. The molecule has 3 aromatic rings. The Hall–Kier alpha value is -6.07. The molecule has 1 aromatic heterocycles. The van der Waals surface area contributed by atoms with Gasteiger partial charge in [-0.2, -0.15) is 0 Å². The molecule has 1 spiro atoms. The van der Waals surface area contributed by atoms with E-state index in [-0.39, 0.29) is 43.0 Å². The third-order valence-electron chi connectivity index (χ3n) is 14.2. The summed E-state index contributed by atoms with van der Waals surface area (Å²) in [5, 5.41) is 11.6. The Morgan fingerprint density at radius 3 is 2.24 bits per heavy atom. The van der Waals surface area contributed by atoms with Gasteiger partial charge in [0, 0.05) is 32.4 Å². The van der Waals surface area contributed by atoms with E-state index < -0.39 is 82.6 Å². The molecule has 4 heterocycles. The van der Waals surface area contributed by atoms with Crippen molar-refractivity contribution in [1.82, 2.24) is 45.9 Å². The lowest BCUT2D eigenvalue weighted by atomic mass is 9.82. The maximum atomic E-state index is 15.5. The van der Waals surface area contributed by atoms with Gasteiger partial charge in [0.2, 0.25) is 29.4 Å². The summed E-state index contributed by atoms with van der Waals surface area (Å²) < 4.78 is 6.37. The molecule has 17 heteroatoms. The molecule has 4 aliphatic rings. The number of ether oxygens (including phenoxy) is 1. The normalized spacial score (nSPS) is 23.6. The van der Waals surface area contributed by atoms with E-state index in [1.807, 2.05) is 93.3 Å². The maximum Gasteiger partial charge on any atom is 0.290 e. The minimum absolute atomic E-state index is 0.0112. The standard InChI is InChI=1S/C51H67N9O8/c1-7-17-37(42(61)47(65)54-32(2)34-20-13-9-14-21-34)55-45(63)40-27-51(58(6)48(66)39-26-36(29-60(39)51)68-30-33-18-11-8-12-19-33)31-59(40)49(67)43(50(3,4)5)57-46(64)41(35-22-15-10-16-23-35)56-44(62)38-28-52-24-25-53-38/h8-9,11-14,18-21,24-25,28,32,35-37,39-41,43H,7,10,15-17,22-23,26-27,29-31H2,1-6H3,(H,54,65)(H,55,63)(H,56,62)(H,57,64)/t32-,36+,37?,39-,40-,41-,43+,51?/m0/s1. The molecule has 2 aromatic carbocycles. The Morgan fingerprint density at radius 1 is 0.897 bits per heavy atom. The largest absolute Gasteiger partial charge is 0.372 e. The van der Waals surface area contributed by atoms with Gasteiger partial charge >= 0.3 is 0 Å². The summed E-state index contributed by atoms with van der Waals surface area (Å²) in [5.41, 5.74) is -0.239. The van der Waals surface area contributed by atoms with Gasteiger partial charge in [-0.15, -0.1) is 0 Å². The van der Waals surface area contributed by atoms with Crippen LogP contribution in [0.25, 0.3) is 0 Å². The minimum atomic E-state index is -1.23. The van der Waals surface area contributed by atoms with Crippen molar-refractivity contribution in [3.05, 3.63) is 96.1 Å². The lowest BCUT2D eigenvalue weighted by Gasteiger charge is -2.40. The number of aromatic nitrogens is 2. The number of likely N-dealkylation sites (N-methyl/N-ethyl adjacent to an activating group) is 1. The molecular weight excluding hydrogens is 867 g/mol. The van der Waals surface area contributed by atoms with Gasteiger partial charge in [0.05, 0.1) is 43.6 Å². The average Bonchev–Trinajstić information content (AvgIpc) is 4.02. The number of carbonyl (C=O) groups is 7. The molecule has 7 rings (SSSR count). The summed E-state index contributed by atoms with van der Waals surface area (Å²) >= 11 is 0. The van der Waals surface area contributed by atoms with Gasteiger partial charge in [-0.05, 0) is 55.1 Å². The molecule has 364 valence electrons. The molecule has 4 fully saturated rings. The van der Waals surface area contributed by atoms with Crippen LogP contribution in [0.4, 0.5) is 0 Å². The maximum absolute atomic E-state index is 15.5. The van der Waals surface area contributed by atoms with E-state index in [9.17, 15) is 28.8 Å². The first-order chi connectivity index (χ1) is 32.5. The Bertz CT molecular complexity index is 2290. The number of Topliss-reactive ketones (excluding diaryl/α,β-unsaturated/α-hetero) is 1. The number of nitrogens with one attached hydrogen (secondary N) is 4. The van der Waals surface area contributed by atoms with Crippen LogP contribution in [-0.4, -0.2) is 128 Å². The van der Waals surface area contributed by atoms with Gasteiger partial charge in [0.1, 0.15) is 29.5 Å². The number of ketones is 1. The fourth-order valence-corrected chi connectivity index (χ4v) is 10.4. The fourth-order valence-electron chi connectivity index (χ4n) is 10.4. The molecule has 17 nitrogen and oxygen atoms in total. The summed E-state index contributed by atoms with van der Waals surface area (Å²) in [6.45, 7) is 9.65. The third-order valence-corrected chi connectivity index (χ3v) is 14.2. The third kappa shape index (κ3) is 10.9. The first-order valence-electron chi connectivity index (χ1n) is 24.1. The van der Waals surface area contributed by atoms with E-state index in [0.717, 1.165) is 30.4 Å². The Labute approximate surface area is 398 Å². The topological polar surface area (TPSA) is 212 Å². The molecule has 4 N–H and O–H groups in total. The number of amides is 6. The van der Waals surface area contributed by atoms with Gasteiger partial charge < -0.3 is 35.8 Å². The highest BCUT2D eigenvalue weighted by molar-refractivity contribution is 6.38. The zero-order chi connectivity index (χ0) is 48.8. The lowest BCUT2D eigenvalue weighted by Crippen LogP contribution is -2.62. The van der Waals surface area contributed by atoms with E-state index in [4.69, 9.17) is 4.74 Å². The van der Waals surface area contributed by atoms with Gasteiger partial charge in [0.25, 0.3) is 11.8 Å². The van der Waals surface area contributed by atoms with Crippen molar-refractivity contribution in [3.63, 3.8) is 0 Å². The summed E-state index contributed by atoms with van der Waals surface area (Å²) in [4.78, 5) is 113. The summed E-state index contributed by atoms with van der Waals surface area (Å²) in [7, 11) is 1.68. The number of benzene rings is 2. The molecule has 3 saturated heterocycles. The van der Waals surface area contributed by atoms with E-state index >= 15 is 4.79 Å². The van der Waals surface area contributed by atoms with E-state index in [0.29, 0.717) is 38.8 Å². The highest BCUT2D eigenvalue weighted by Gasteiger charge is 2.65. The second kappa shape index (κ2) is 21.5. The number of hydrogen-bond acceptors (Lipinski definition) is 11. The van der Waals surface area contributed by atoms with Crippen LogP contribution in [-0.2, 0) is 40.1 Å². The highest BCUT2D eigenvalue weighted by atomic mass is 16.5. The zero-order valence-electron chi connectivity index (χ0n) is 40.1. The van der Waals surface area contributed by atoms with Crippen LogP contribution in [0, 0.1) is 11.3 Å². The van der Waals surface area contributed by atoms with Crippen LogP contribution in [0.5, 0.6) is 0 Å². The minimum Gasteiger partial charge on any atom is -0.372 e. The number of nitrogens with zero attached hydrogens (tertiary/aromatic N) is 5. The molecule has 68 heavy (non-hydrogen) atoms. The summed E-state index contributed by atoms with van der Waals surface area (Å²) in [6.07, 6.45) is 9.01. The predicted molar refractivity (Wildman–Crippen MR) is 252 cm³/mol. The van der Waals surface area contributed by atoms with Crippen LogP contribution in [0.3, 0.4) is 0 Å². The number of likely N-dealkylation sites (tertiary alicyclic amines) is 1. The number of carbonyl (C=O) groups excluding carboxylic acids is 7. The molecule has 6 amide bonds. The van der Waals surface area contributed by atoms with Crippen molar-refractivity contribution in [2.45, 2.75) is 147 Å². The van der Waals surface area contributed by atoms with Crippen molar-refractivity contribution in [1.29, 1.82) is 0 Å². The number of hydrogen-bond donors (Lipinski definition) is 4. The predicted octanol–water partition coefficient (Wildman–Crippen LogP) is 3.85. The average molecular weight is 934 g/mol. The summed E-state index contributed by atoms with van der Waals surface area (Å²) in [6, 6.07) is 13.2. The fraction of sp³-hybridized carbons (Fsp3) is 0.549. The molecule has 2 unspecified atom stereocenters. The van der Waals surface area contributed by atoms with Gasteiger partial charge in [-0.25, -0.2) is 4.98 Å². The van der Waals surface area contributed by atoms with Crippen LogP contribution in [0.1, 0.15) is 120 Å². The number of fused-ring (bicyclic) bond motifs is 2.